The molecule has 1 aromatic rings. The molecule has 0 unspecified atom stereocenters. The highest BCUT2D eigenvalue weighted by molar-refractivity contribution is 6.11. The SMILES string of the molecule is CCOC(=O)N(C(=N)N)c1ccccc1. The molecule has 80 valence electrons. The van der Waals surface area contributed by atoms with Gasteiger partial charge in [0.2, 0.25) is 5.96 Å². The van der Waals surface area contributed by atoms with Crippen LogP contribution in [0.2, 0.25) is 0 Å². The van der Waals surface area contributed by atoms with Gasteiger partial charge in [0.15, 0.2) is 0 Å². The lowest BCUT2D eigenvalue weighted by atomic mass is 10.3. The Morgan fingerprint density at radius 3 is 2.53 bits per heavy atom. The maximum absolute atomic E-state index is 11.5. The summed E-state index contributed by atoms with van der Waals surface area (Å²) in [6.07, 6.45) is -0.642. The Bertz CT molecular complexity index is 351. The molecule has 0 fully saturated rings. The van der Waals surface area contributed by atoms with E-state index in [0.29, 0.717) is 5.69 Å². The van der Waals surface area contributed by atoms with Gasteiger partial charge in [0.05, 0.1) is 12.3 Å². The first-order valence-corrected chi connectivity index (χ1v) is 4.52. The summed E-state index contributed by atoms with van der Waals surface area (Å²) in [6, 6.07) is 8.68. The number of guanidine groups is 1. The van der Waals surface area contributed by atoms with Gasteiger partial charge in [-0.05, 0) is 19.1 Å². The van der Waals surface area contributed by atoms with Gasteiger partial charge in [0.1, 0.15) is 0 Å². The molecule has 5 heteroatoms. The van der Waals surface area contributed by atoms with Crippen LogP contribution in [-0.4, -0.2) is 18.7 Å². The van der Waals surface area contributed by atoms with Crippen LogP contribution in [0.3, 0.4) is 0 Å². The average Bonchev–Trinajstić information content (AvgIpc) is 2.19. The van der Waals surface area contributed by atoms with Crippen LogP contribution in [0.15, 0.2) is 30.3 Å². The number of hydrogen-bond donors (Lipinski definition) is 2. The monoisotopic (exact) mass is 207 g/mol. The topological polar surface area (TPSA) is 79.4 Å². The summed E-state index contributed by atoms with van der Waals surface area (Å²) in [5.41, 5.74) is 5.83. The number of hydrogen-bond acceptors (Lipinski definition) is 3. The summed E-state index contributed by atoms with van der Waals surface area (Å²) in [6.45, 7) is 1.94. The molecule has 15 heavy (non-hydrogen) atoms. The average molecular weight is 207 g/mol. The largest absolute Gasteiger partial charge is 0.449 e. The molecule has 5 nitrogen and oxygen atoms in total. The van der Waals surface area contributed by atoms with Gasteiger partial charge in [-0.15, -0.1) is 0 Å². The van der Waals surface area contributed by atoms with Crippen LogP contribution in [0.1, 0.15) is 6.92 Å². The van der Waals surface area contributed by atoms with Crippen molar-refractivity contribution >= 4 is 17.7 Å². The molecule has 0 atom stereocenters. The maximum atomic E-state index is 11.5. The number of nitrogens with one attached hydrogen (secondary N) is 1. The molecule has 0 heterocycles. The number of nitrogens with zero attached hydrogens (tertiary/aromatic N) is 1. The highest BCUT2D eigenvalue weighted by atomic mass is 16.6. The molecule has 0 aromatic heterocycles. The summed E-state index contributed by atoms with van der Waals surface area (Å²) < 4.78 is 4.79. The molecular formula is C10H13N3O2. The molecule has 0 aliphatic heterocycles. The van der Waals surface area contributed by atoms with Crippen molar-refractivity contribution in [3.05, 3.63) is 30.3 Å². The minimum Gasteiger partial charge on any atom is -0.449 e. The molecule has 0 saturated heterocycles. The molecular weight excluding hydrogens is 194 g/mol. The van der Waals surface area contributed by atoms with E-state index in [9.17, 15) is 4.79 Å². The van der Waals surface area contributed by atoms with Gasteiger partial charge >= 0.3 is 6.09 Å². The fourth-order valence-corrected chi connectivity index (χ4v) is 1.11. The van der Waals surface area contributed by atoms with E-state index in [1.54, 1.807) is 31.2 Å². The Labute approximate surface area is 88.0 Å². The van der Waals surface area contributed by atoms with Gasteiger partial charge in [-0.25, -0.2) is 9.69 Å². The molecule has 0 aliphatic carbocycles. The lowest BCUT2D eigenvalue weighted by Gasteiger charge is -2.19. The molecule has 0 spiro atoms. The number of amides is 1. The summed E-state index contributed by atoms with van der Waals surface area (Å²) in [5.74, 6) is -0.361. The quantitative estimate of drug-likeness (QED) is 0.570. The Kier molecular flexibility index (Phi) is 3.68. The summed E-state index contributed by atoms with van der Waals surface area (Å²) in [7, 11) is 0. The number of carbonyl (C=O) groups excluding carboxylic acids is 1. The Morgan fingerprint density at radius 2 is 2.07 bits per heavy atom. The standard InChI is InChI=1S/C10H13N3O2/c1-2-15-10(14)13(9(11)12)8-6-4-3-5-7-8/h3-7H,2H2,1H3,(H3,11,12). The molecule has 0 aliphatic rings. The summed E-state index contributed by atoms with van der Waals surface area (Å²) in [5, 5.41) is 7.30. The fourth-order valence-electron chi connectivity index (χ4n) is 1.11. The van der Waals surface area contributed by atoms with E-state index in [4.69, 9.17) is 15.9 Å². The van der Waals surface area contributed by atoms with E-state index in [2.05, 4.69) is 0 Å². The molecule has 0 saturated carbocycles. The maximum Gasteiger partial charge on any atom is 0.421 e. The normalized spacial score (nSPS) is 9.40. The number of carbonyl (C=O) groups is 1. The zero-order valence-corrected chi connectivity index (χ0v) is 8.43. The first-order valence-electron chi connectivity index (χ1n) is 4.52. The van der Waals surface area contributed by atoms with E-state index in [0.717, 1.165) is 4.90 Å². The second-order valence-electron chi connectivity index (χ2n) is 2.76. The van der Waals surface area contributed by atoms with Crippen molar-refractivity contribution in [3.63, 3.8) is 0 Å². The van der Waals surface area contributed by atoms with Crippen molar-refractivity contribution in [2.24, 2.45) is 5.73 Å². The van der Waals surface area contributed by atoms with Crippen molar-refractivity contribution in [1.29, 1.82) is 5.41 Å². The van der Waals surface area contributed by atoms with Crippen molar-refractivity contribution < 1.29 is 9.53 Å². The van der Waals surface area contributed by atoms with Gasteiger partial charge < -0.3 is 10.5 Å². The van der Waals surface area contributed by atoms with Crippen LogP contribution in [0, 0.1) is 5.41 Å². The highest BCUT2D eigenvalue weighted by Gasteiger charge is 2.19. The molecule has 0 radical (unpaired) electrons. The molecule has 1 rings (SSSR count). The van der Waals surface area contributed by atoms with E-state index in [-0.39, 0.29) is 12.6 Å². The highest BCUT2D eigenvalue weighted by Crippen LogP contribution is 2.13. The van der Waals surface area contributed by atoms with Crippen molar-refractivity contribution in [2.45, 2.75) is 6.92 Å². The van der Waals surface area contributed by atoms with Gasteiger partial charge in [-0.2, -0.15) is 0 Å². The zero-order valence-electron chi connectivity index (χ0n) is 8.43. The van der Waals surface area contributed by atoms with Crippen LogP contribution in [0.25, 0.3) is 0 Å². The van der Waals surface area contributed by atoms with Gasteiger partial charge in [0.25, 0.3) is 0 Å². The zero-order chi connectivity index (χ0) is 11.3. The second-order valence-corrected chi connectivity index (χ2v) is 2.76. The summed E-state index contributed by atoms with van der Waals surface area (Å²) in [4.78, 5) is 12.5. The van der Waals surface area contributed by atoms with Gasteiger partial charge in [0, 0.05) is 0 Å². The van der Waals surface area contributed by atoms with Crippen LogP contribution >= 0.6 is 0 Å². The van der Waals surface area contributed by atoms with Crippen LogP contribution in [0.4, 0.5) is 10.5 Å². The predicted octanol–water partition coefficient (Wildman–Crippen LogP) is 1.54. The summed E-state index contributed by atoms with van der Waals surface area (Å²) >= 11 is 0. The van der Waals surface area contributed by atoms with Gasteiger partial charge in [-0.1, -0.05) is 18.2 Å². The first kappa shape index (κ1) is 11.0. The first-order chi connectivity index (χ1) is 7.16. The van der Waals surface area contributed by atoms with E-state index >= 15 is 0 Å². The van der Waals surface area contributed by atoms with Crippen molar-refractivity contribution in [2.75, 3.05) is 11.5 Å². The third kappa shape index (κ3) is 2.70. The molecule has 1 amide bonds. The Morgan fingerprint density at radius 1 is 1.47 bits per heavy atom. The number of nitrogens with two attached hydrogens (primary N) is 1. The van der Waals surface area contributed by atoms with Crippen LogP contribution < -0.4 is 10.6 Å². The number of rotatable bonds is 2. The van der Waals surface area contributed by atoms with Crippen LogP contribution in [0.5, 0.6) is 0 Å². The second kappa shape index (κ2) is 4.99. The Balaban J connectivity index is 2.94. The Hall–Kier alpha value is -2.04. The third-order valence-electron chi connectivity index (χ3n) is 1.71. The van der Waals surface area contributed by atoms with Crippen molar-refractivity contribution in [3.8, 4) is 0 Å². The molecule has 0 bridgehead atoms. The third-order valence-corrected chi connectivity index (χ3v) is 1.71. The van der Waals surface area contributed by atoms with Crippen LogP contribution in [-0.2, 0) is 4.74 Å². The predicted molar refractivity (Wildman–Crippen MR) is 57.9 cm³/mol. The fraction of sp³-hybridized carbons (Fsp3) is 0.200. The number of benzene rings is 1. The molecule has 1 aromatic carbocycles. The smallest absolute Gasteiger partial charge is 0.421 e. The molecule has 3 N–H and O–H groups in total. The van der Waals surface area contributed by atoms with E-state index < -0.39 is 6.09 Å². The van der Waals surface area contributed by atoms with Gasteiger partial charge in [-0.3, -0.25) is 5.41 Å². The minimum atomic E-state index is -0.642. The van der Waals surface area contributed by atoms with E-state index in [1.807, 2.05) is 6.07 Å². The minimum absolute atomic E-state index is 0.245. The van der Waals surface area contributed by atoms with Crippen molar-refractivity contribution in [1.82, 2.24) is 0 Å². The number of anilines is 1. The number of para-hydroxylation sites is 1. The lowest BCUT2D eigenvalue weighted by molar-refractivity contribution is 0.163. The van der Waals surface area contributed by atoms with E-state index in [1.165, 1.54) is 0 Å². The lowest BCUT2D eigenvalue weighted by Crippen LogP contribution is -2.41. The number of ether oxygens (including phenoxy) is 1.